The topological polar surface area (TPSA) is 73.0 Å². The number of anilines is 1. The highest BCUT2D eigenvalue weighted by Gasteiger charge is 2.27. The van der Waals surface area contributed by atoms with Gasteiger partial charge < -0.3 is 15.1 Å². The monoisotopic (exact) mass is 458 g/mol. The summed E-state index contributed by atoms with van der Waals surface area (Å²) >= 11 is 0. The molecule has 2 aromatic rings. The second kappa shape index (κ2) is 10.9. The lowest BCUT2D eigenvalue weighted by molar-refractivity contribution is -0.119. The van der Waals surface area contributed by atoms with E-state index in [1.54, 1.807) is 42.5 Å². The van der Waals surface area contributed by atoms with Gasteiger partial charge in [0.25, 0.3) is 10.0 Å². The van der Waals surface area contributed by atoms with Crippen LogP contribution in [0.15, 0.2) is 53.4 Å². The van der Waals surface area contributed by atoms with E-state index in [2.05, 4.69) is 22.2 Å². The number of carbonyl (C=O) groups excluding carboxylic acids is 1. The second-order valence-electron chi connectivity index (χ2n) is 8.51. The highest BCUT2D eigenvalue weighted by molar-refractivity contribution is 7.92. The molecular weight excluding hydrogens is 424 g/mol. The minimum atomic E-state index is -3.88. The van der Waals surface area contributed by atoms with Crippen LogP contribution >= 0.6 is 0 Å². The van der Waals surface area contributed by atoms with Gasteiger partial charge in [-0.05, 0) is 63.7 Å². The number of sulfonamides is 1. The molecule has 1 amide bonds. The third-order valence-corrected chi connectivity index (χ3v) is 7.54. The average Bonchev–Trinajstić information content (AvgIpc) is 2.76. The van der Waals surface area contributed by atoms with Crippen molar-refractivity contribution in [3.8, 4) is 0 Å². The van der Waals surface area contributed by atoms with Gasteiger partial charge in [-0.15, -0.1) is 0 Å². The Bertz CT molecular complexity index is 1000. The molecule has 1 N–H and O–H groups in total. The van der Waals surface area contributed by atoms with Crippen molar-refractivity contribution >= 4 is 21.6 Å². The third kappa shape index (κ3) is 6.54. The van der Waals surface area contributed by atoms with Crippen LogP contribution in [-0.4, -0.2) is 77.0 Å². The predicted molar refractivity (Wildman–Crippen MR) is 128 cm³/mol. The lowest BCUT2D eigenvalue weighted by Gasteiger charge is -2.32. The van der Waals surface area contributed by atoms with Crippen molar-refractivity contribution in [3.05, 3.63) is 59.7 Å². The van der Waals surface area contributed by atoms with Gasteiger partial charge in [-0.25, -0.2) is 8.42 Å². The van der Waals surface area contributed by atoms with Crippen LogP contribution in [0.4, 0.5) is 5.69 Å². The number of hydrogen-bond donors (Lipinski definition) is 1. The normalized spacial score (nSPS) is 15.5. The Kier molecular flexibility index (Phi) is 8.28. The molecule has 0 saturated carbocycles. The fraction of sp³-hybridized carbons (Fsp3) is 0.458. The maximum atomic E-state index is 13.4. The van der Waals surface area contributed by atoms with Crippen molar-refractivity contribution in [2.75, 3.05) is 57.2 Å². The molecule has 0 spiro atoms. The van der Waals surface area contributed by atoms with Crippen molar-refractivity contribution in [1.82, 2.24) is 15.1 Å². The minimum Gasteiger partial charge on any atom is -0.354 e. The predicted octanol–water partition coefficient (Wildman–Crippen LogP) is 2.25. The van der Waals surface area contributed by atoms with E-state index in [0.29, 0.717) is 12.2 Å². The molecule has 8 heteroatoms. The molecule has 0 radical (unpaired) electrons. The molecule has 1 aliphatic heterocycles. The summed E-state index contributed by atoms with van der Waals surface area (Å²) in [7, 11) is -1.75. The number of likely N-dealkylation sites (N-methyl/N-ethyl adjacent to an activating group) is 1. The molecule has 1 heterocycles. The van der Waals surface area contributed by atoms with Crippen LogP contribution in [0.3, 0.4) is 0 Å². The van der Waals surface area contributed by atoms with Gasteiger partial charge in [-0.2, -0.15) is 0 Å². The van der Waals surface area contributed by atoms with E-state index in [1.807, 2.05) is 19.9 Å². The molecule has 3 rings (SSSR count). The van der Waals surface area contributed by atoms with E-state index in [0.717, 1.165) is 50.3 Å². The van der Waals surface area contributed by atoms with Crippen molar-refractivity contribution in [2.45, 2.75) is 25.2 Å². The van der Waals surface area contributed by atoms with Crippen molar-refractivity contribution < 1.29 is 13.2 Å². The Morgan fingerprint density at radius 1 is 1.00 bits per heavy atom. The molecule has 1 saturated heterocycles. The van der Waals surface area contributed by atoms with Crippen molar-refractivity contribution in [3.63, 3.8) is 0 Å². The molecule has 7 nitrogen and oxygen atoms in total. The molecule has 1 fully saturated rings. The lowest BCUT2D eigenvalue weighted by atomic mass is 10.2. The van der Waals surface area contributed by atoms with E-state index in [9.17, 15) is 13.2 Å². The largest absolute Gasteiger partial charge is 0.354 e. The smallest absolute Gasteiger partial charge is 0.264 e. The SMILES string of the molecule is Cc1ccc(S(=O)(=O)N(CC(=O)NCCCN2CCN(C)CC2)c2cccc(C)c2)cc1. The number of carbonyl (C=O) groups is 1. The molecule has 32 heavy (non-hydrogen) atoms. The molecule has 0 atom stereocenters. The molecule has 2 aromatic carbocycles. The first-order valence-corrected chi connectivity index (χ1v) is 12.5. The first-order chi connectivity index (χ1) is 15.3. The van der Waals surface area contributed by atoms with Gasteiger partial charge in [0.2, 0.25) is 5.91 Å². The summed E-state index contributed by atoms with van der Waals surface area (Å²) in [5.74, 6) is -0.305. The summed E-state index contributed by atoms with van der Waals surface area (Å²) in [5.41, 5.74) is 2.39. The van der Waals surface area contributed by atoms with E-state index in [-0.39, 0.29) is 17.3 Å². The molecule has 0 unspecified atom stereocenters. The molecule has 0 bridgehead atoms. The van der Waals surface area contributed by atoms with Gasteiger partial charge in [-0.1, -0.05) is 29.8 Å². The van der Waals surface area contributed by atoms with Crippen LogP contribution in [0, 0.1) is 13.8 Å². The quantitative estimate of drug-likeness (QED) is 0.584. The van der Waals surface area contributed by atoms with Gasteiger partial charge in [0.05, 0.1) is 10.6 Å². The fourth-order valence-corrected chi connectivity index (χ4v) is 5.14. The van der Waals surface area contributed by atoms with Crippen molar-refractivity contribution in [2.24, 2.45) is 0 Å². The summed E-state index contributed by atoms with van der Waals surface area (Å²) < 4.78 is 28.0. The van der Waals surface area contributed by atoms with Gasteiger partial charge in [0, 0.05) is 32.7 Å². The summed E-state index contributed by atoms with van der Waals surface area (Å²) in [6.45, 7) is 9.22. The van der Waals surface area contributed by atoms with E-state index in [4.69, 9.17) is 0 Å². The fourth-order valence-electron chi connectivity index (χ4n) is 3.72. The number of amides is 1. The van der Waals surface area contributed by atoms with Crippen LogP contribution in [-0.2, 0) is 14.8 Å². The van der Waals surface area contributed by atoms with E-state index in [1.165, 1.54) is 4.31 Å². The van der Waals surface area contributed by atoms with E-state index < -0.39 is 10.0 Å². The standard InChI is InChI=1S/C24H34N4O3S/c1-20-8-10-23(11-9-20)32(30,31)28(22-7-4-6-21(2)18-22)19-24(29)25-12-5-13-27-16-14-26(3)15-17-27/h4,6-11,18H,5,12-17,19H2,1-3H3,(H,25,29). The van der Waals surface area contributed by atoms with Gasteiger partial charge in [0.15, 0.2) is 0 Å². The zero-order valence-electron chi connectivity index (χ0n) is 19.3. The van der Waals surface area contributed by atoms with Gasteiger partial charge in [-0.3, -0.25) is 9.10 Å². The number of nitrogens with zero attached hydrogens (tertiary/aromatic N) is 3. The Hall–Kier alpha value is -2.42. The first kappa shape index (κ1) is 24.2. The summed E-state index contributed by atoms with van der Waals surface area (Å²) in [6, 6.07) is 13.9. The first-order valence-electron chi connectivity index (χ1n) is 11.1. The Morgan fingerprint density at radius 2 is 1.69 bits per heavy atom. The number of rotatable bonds is 9. The van der Waals surface area contributed by atoms with Crippen LogP contribution in [0.2, 0.25) is 0 Å². The molecular formula is C24H34N4O3S. The van der Waals surface area contributed by atoms with Crippen molar-refractivity contribution in [1.29, 1.82) is 0 Å². The maximum Gasteiger partial charge on any atom is 0.264 e. The molecule has 0 aliphatic carbocycles. The summed E-state index contributed by atoms with van der Waals surface area (Å²) in [6.07, 6.45) is 0.838. The molecule has 1 aliphatic rings. The number of hydrogen-bond acceptors (Lipinski definition) is 5. The van der Waals surface area contributed by atoms with Gasteiger partial charge >= 0.3 is 0 Å². The number of aryl methyl sites for hydroxylation is 2. The van der Waals surface area contributed by atoms with Crippen LogP contribution in [0.25, 0.3) is 0 Å². The zero-order valence-corrected chi connectivity index (χ0v) is 20.1. The Morgan fingerprint density at radius 3 is 2.34 bits per heavy atom. The lowest BCUT2D eigenvalue weighted by Crippen LogP contribution is -2.45. The number of piperazine rings is 1. The highest BCUT2D eigenvalue weighted by Crippen LogP contribution is 2.24. The van der Waals surface area contributed by atoms with Crippen LogP contribution in [0.5, 0.6) is 0 Å². The van der Waals surface area contributed by atoms with E-state index >= 15 is 0 Å². The van der Waals surface area contributed by atoms with Crippen LogP contribution < -0.4 is 9.62 Å². The van der Waals surface area contributed by atoms with Crippen LogP contribution in [0.1, 0.15) is 17.5 Å². The zero-order chi connectivity index (χ0) is 23.1. The second-order valence-corrected chi connectivity index (χ2v) is 10.4. The molecule has 0 aromatic heterocycles. The highest BCUT2D eigenvalue weighted by atomic mass is 32.2. The number of benzene rings is 2. The molecule has 174 valence electrons. The average molecular weight is 459 g/mol. The Labute approximate surface area is 192 Å². The third-order valence-electron chi connectivity index (χ3n) is 5.76. The minimum absolute atomic E-state index is 0.174. The van der Waals surface area contributed by atoms with Gasteiger partial charge in [0.1, 0.15) is 6.54 Å². The Balaban J connectivity index is 1.65. The number of nitrogens with one attached hydrogen (secondary N) is 1. The summed E-state index contributed by atoms with van der Waals surface area (Å²) in [4.78, 5) is 17.6. The summed E-state index contributed by atoms with van der Waals surface area (Å²) in [5, 5.41) is 2.90. The maximum absolute atomic E-state index is 13.4.